The molecule has 3 N–H and O–H groups in total. The molecule has 0 aliphatic carbocycles. The second-order valence-electron chi connectivity index (χ2n) is 8.42. The lowest BCUT2D eigenvalue weighted by atomic mass is 9.71. The van der Waals surface area contributed by atoms with E-state index in [9.17, 15) is 4.39 Å². The molecule has 0 atom stereocenters. The van der Waals surface area contributed by atoms with E-state index in [4.69, 9.17) is 21.6 Å². The Morgan fingerprint density at radius 2 is 1.25 bits per heavy atom. The molecule has 0 unspecified atom stereocenters. The van der Waals surface area contributed by atoms with Crippen LogP contribution in [0.1, 0.15) is 23.6 Å². The summed E-state index contributed by atoms with van der Waals surface area (Å²) in [5.41, 5.74) is 4.35. The van der Waals surface area contributed by atoms with Crippen LogP contribution in [0.25, 0.3) is 11.3 Å². The first-order valence-electron chi connectivity index (χ1n) is 11.4. The van der Waals surface area contributed by atoms with Crippen molar-refractivity contribution in [3.8, 4) is 11.3 Å². The van der Waals surface area contributed by atoms with Gasteiger partial charge in [0.15, 0.2) is 0 Å². The highest BCUT2D eigenvalue weighted by molar-refractivity contribution is 6.60. The summed E-state index contributed by atoms with van der Waals surface area (Å²) >= 11 is 5.62. The Hall–Kier alpha value is -3.71. The normalized spacial score (nSPS) is 10.9. The number of benzene rings is 4. The van der Waals surface area contributed by atoms with Gasteiger partial charge in [-0.3, -0.25) is 5.10 Å². The monoisotopic (exact) mass is 498 g/mol. The van der Waals surface area contributed by atoms with Crippen molar-refractivity contribution in [1.82, 2.24) is 10.2 Å². The average molecular weight is 499 g/mol. The molecule has 0 aliphatic rings. The number of hydrogen-bond donors (Lipinski definition) is 3. The molecular formula is C29H25BClFN2O2. The molecule has 36 heavy (non-hydrogen) atoms. The molecule has 0 bridgehead atoms. The third-order valence-corrected chi connectivity index (χ3v) is 6.44. The topological polar surface area (TPSA) is 69.1 Å². The van der Waals surface area contributed by atoms with Crippen molar-refractivity contribution in [2.45, 2.75) is 12.3 Å². The second kappa shape index (κ2) is 11.4. The summed E-state index contributed by atoms with van der Waals surface area (Å²) in [7, 11) is -1.70. The van der Waals surface area contributed by atoms with Crippen LogP contribution in [0.15, 0.2) is 115 Å². The van der Waals surface area contributed by atoms with Crippen LogP contribution >= 0.6 is 11.6 Å². The molecule has 1 aromatic heterocycles. The van der Waals surface area contributed by atoms with Gasteiger partial charge in [0.1, 0.15) is 5.82 Å². The minimum absolute atomic E-state index is 0.112. The Morgan fingerprint density at radius 1 is 0.778 bits per heavy atom. The molecule has 4 nitrogen and oxygen atoms in total. The van der Waals surface area contributed by atoms with E-state index in [2.05, 4.69) is 108 Å². The largest absolute Gasteiger partial charge is 0.492 e. The molecule has 0 saturated carbocycles. The fourth-order valence-corrected chi connectivity index (χ4v) is 4.37. The molecule has 4 aromatic carbocycles. The highest BCUT2D eigenvalue weighted by Gasteiger charge is 2.30. The van der Waals surface area contributed by atoms with Crippen molar-refractivity contribution in [3.05, 3.63) is 143 Å². The molecule has 180 valence electrons. The molecule has 1 heterocycles. The predicted octanol–water partition coefficient (Wildman–Crippen LogP) is 5.59. The van der Waals surface area contributed by atoms with Crippen molar-refractivity contribution in [2.75, 3.05) is 0 Å². The van der Waals surface area contributed by atoms with Gasteiger partial charge in [0.05, 0.1) is 5.69 Å². The zero-order valence-corrected chi connectivity index (χ0v) is 20.4. The van der Waals surface area contributed by atoms with Crippen LogP contribution in [-0.2, 0) is 5.41 Å². The van der Waals surface area contributed by atoms with Crippen molar-refractivity contribution >= 4 is 24.2 Å². The SMILES string of the molecule is CC(c1ccccc1)(c1ccccc1)c1ccccc1.OB(O)c1cn[nH]c1-c1ccc(Cl)cc1F. The number of aromatic nitrogens is 2. The van der Waals surface area contributed by atoms with Crippen LogP contribution in [0.5, 0.6) is 0 Å². The number of nitrogens with one attached hydrogen (secondary N) is 1. The van der Waals surface area contributed by atoms with Crippen LogP contribution in [0.4, 0.5) is 4.39 Å². The van der Waals surface area contributed by atoms with Gasteiger partial charge in [-0.15, -0.1) is 0 Å². The molecule has 5 rings (SSSR count). The molecular weight excluding hydrogens is 474 g/mol. The zero-order chi connectivity index (χ0) is 25.5. The molecule has 0 saturated heterocycles. The van der Waals surface area contributed by atoms with Gasteiger partial charge in [0, 0.05) is 27.7 Å². The van der Waals surface area contributed by atoms with Gasteiger partial charge < -0.3 is 10.0 Å². The maximum Gasteiger partial charge on any atom is 0.492 e. The summed E-state index contributed by atoms with van der Waals surface area (Å²) in [5.74, 6) is -0.557. The smallest absolute Gasteiger partial charge is 0.423 e. The van der Waals surface area contributed by atoms with Gasteiger partial charge in [0.2, 0.25) is 0 Å². The standard InChI is InChI=1S/C20H18.C9H7BClFN2O2/c1-20(17-11-5-2-6-12-17,18-13-7-3-8-14-18)19-15-9-4-10-16-19;11-5-1-2-6(8(12)3-5)9-7(10(15)16)4-13-14-9/h2-16H,1H3;1-4,15-16H,(H,13,14). The molecule has 0 radical (unpaired) electrons. The maximum atomic E-state index is 13.6. The van der Waals surface area contributed by atoms with Crippen LogP contribution in [0.3, 0.4) is 0 Å². The van der Waals surface area contributed by atoms with E-state index in [-0.39, 0.29) is 27.2 Å². The highest BCUT2D eigenvalue weighted by Crippen LogP contribution is 2.38. The maximum absolute atomic E-state index is 13.6. The first-order valence-corrected chi connectivity index (χ1v) is 11.8. The van der Waals surface area contributed by atoms with Gasteiger partial charge in [-0.25, -0.2) is 4.39 Å². The Morgan fingerprint density at radius 3 is 1.67 bits per heavy atom. The van der Waals surface area contributed by atoms with Gasteiger partial charge in [0.25, 0.3) is 0 Å². The summed E-state index contributed by atoms with van der Waals surface area (Å²) in [6.07, 6.45) is 1.23. The molecule has 0 aliphatic heterocycles. The lowest BCUT2D eigenvalue weighted by molar-refractivity contribution is 0.426. The lowest BCUT2D eigenvalue weighted by Gasteiger charge is -2.31. The predicted molar refractivity (Wildman–Crippen MR) is 144 cm³/mol. The number of aromatic amines is 1. The van der Waals surface area contributed by atoms with Crippen molar-refractivity contribution in [1.29, 1.82) is 0 Å². The Bertz CT molecular complexity index is 1300. The average Bonchev–Trinajstić information content (AvgIpc) is 3.40. The number of H-pyrrole nitrogens is 1. The van der Waals surface area contributed by atoms with E-state index in [0.29, 0.717) is 0 Å². The fourth-order valence-electron chi connectivity index (χ4n) is 4.21. The molecule has 0 amide bonds. The lowest BCUT2D eigenvalue weighted by Crippen LogP contribution is -2.30. The first kappa shape index (κ1) is 25.4. The van der Waals surface area contributed by atoms with Crippen molar-refractivity contribution in [2.24, 2.45) is 0 Å². The minimum Gasteiger partial charge on any atom is -0.423 e. The summed E-state index contributed by atoms with van der Waals surface area (Å²) < 4.78 is 13.6. The Labute approximate surface area is 215 Å². The molecule has 0 fully saturated rings. The quantitative estimate of drug-likeness (QED) is 0.219. The van der Waals surface area contributed by atoms with Gasteiger partial charge in [-0.05, 0) is 41.8 Å². The van der Waals surface area contributed by atoms with Gasteiger partial charge in [-0.1, -0.05) is 103 Å². The van der Waals surface area contributed by atoms with E-state index in [1.165, 1.54) is 35.0 Å². The van der Waals surface area contributed by atoms with Crippen LogP contribution in [0.2, 0.25) is 5.02 Å². The molecule has 7 heteroatoms. The number of halogens is 2. The van der Waals surface area contributed by atoms with Crippen molar-refractivity contribution in [3.63, 3.8) is 0 Å². The summed E-state index contributed by atoms with van der Waals surface area (Å²) in [4.78, 5) is 0. The number of nitrogens with zero attached hydrogens (tertiary/aromatic N) is 1. The van der Waals surface area contributed by atoms with Gasteiger partial charge >= 0.3 is 7.12 Å². The van der Waals surface area contributed by atoms with Crippen molar-refractivity contribution < 1.29 is 14.4 Å². The second-order valence-corrected chi connectivity index (χ2v) is 8.86. The van der Waals surface area contributed by atoms with Crippen LogP contribution < -0.4 is 5.46 Å². The highest BCUT2D eigenvalue weighted by atomic mass is 35.5. The minimum atomic E-state index is -1.70. The van der Waals surface area contributed by atoms with Gasteiger partial charge in [-0.2, -0.15) is 5.10 Å². The zero-order valence-electron chi connectivity index (χ0n) is 19.6. The summed E-state index contributed by atoms with van der Waals surface area (Å²) in [6, 6.07) is 36.2. The Balaban J connectivity index is 0.000000174. The third kappa shape index (κ3) is 5.41. The third-order valence-electron chi connectivity index (χ3n) is 6.20. The van der Waals surface area contributed by atoms with E-state index < -0.39 is 12.9 Å². The number of hydrogen-bond acceptors (Lipinski definition) is 3. The van der Waals surface area contributed by atoms with E-state index in [1.807, 2.05) is 0 Å². The first-order chi connectivity index (χ1) is 17.4. The summed E-state index contributed by atoms with van der Waals surface area (Å²) in [5, 5.41) is 24.5. The van der Waals surface area contributed by atoms with Crippen LogP contribution in [-0.4, -0.2) is 27.4 Å². The van der Waals surface area contributed by atoms with E-state index in [0.717, 1.165) is 6.07 Å². The fraction of sp³-hybridized carbons (Fsp3) is 0.0690. The van der Waals surface area contributed by atoms with Crippen LogP contribution in [0, 0.1) is 5.82 Å². The van der Waals surface area contributed by atoms with E-state index >= 15 is 0 Å². The summed E-state index contributed by atoms with van der Waals surface area (Å²) in [6.45, 7) is 2.30. The Kier molecular flexibility index (Phi) is 8.01. The molecule has 0 spiro atoms. The van der Waals surface area contributed by atoms with E-state index in [1.54, 1.807) is 0 Å². The molecule has 5 aromatic rings. The number of rotatable bonds is 5.